The maximum Gasteiger partial charge on any atom is 0.401 e. The lowest BCUT2D eigenvalue weighted by Crippen LogP contribution is -2.63. The van der Waals surface area contributed by atoms with Crippen LogP contribution in [0.2, 0.25) is 0 Å². The normalized spacial score (nSPS) is 18.9. The molecule has 26 heavy (non-hydrogen) atoms. The third kappa shape index (κ3) is 2.87. The van der Waals surface area contributed by atoms with Gasteiger partial charge in [-0.15, -0.1) is 0 Å². The number of unbranched alkanes of at least 4 members (excludes halogenated alkanes) is 3. The fourth-order valence-corrected chi connectivity index (χ4v) is 3.51. The number of nitrogens with two attached hydrogens (primary N) is 1. The van der Waals surface area contributed by atoms with Gasteiger partial charge in [0.2, 0.25) is 17.8 Å². The Hall–Kier alpha value is -2.71. The van der Waals surface area contributed by atoms with Gasteiger partial charge in [0.15, 0.2) is 0 Å². The van der Waals surface area contributed by atoms with Crippen molar-refractivity contribution >= 4 is 29.6 Å². The molecule has 2 aliphatic heterocycles. The number of nitrogens with zero attached hydrogens (tertiary/aromatic N) is 5. The molecular weight excluding hydrogens is 336 g/mol. The summed E-state index contributed by atoms with van der Waals surface area (Å²) >= 11 is 0. The van der Waals surface area contributed by atoms with Crippen molar-refractivity contribution in [2.75, 3.05) is 13.6 Å². The number of carbonyl (C=O) groups is 3. The van der Waals surface area contributed by atoms with E-state index in [1.165, 1.54) is 17.7 Å². The second-order valence-electron chi connectivity index (χ2n) is 6.79. The van der Waals surface area contributed by atoms with Crippen LogP contribution in [0.15, 0.2) is 11.2 Å². The zero-order chi connectivity index (χ0) is 19.0. The molecule has 140 valence electrons. The van der Waals surface area contributed by atoms with Crippen LogP contribution in [0.25, 0.3) is 0 Å². The first-order chi connectivity index (χ1) is 12.4. The average molecular weight is 361 g/mol. The monoisotopic (exact) mass is 361 g/mol. The summed E-state index contributed by atoms with van der Waals surface area (Å²) in [6.07, 6.45) is 6.39. The van der Waals surface area contributed by atoms with Crippen molar-refractivity contribution < 1.29 is 19.0 Å². The Balaban J connectivity index is 1.92. The van der Waals surface area contributed by atoms with E-state index >= 15 is 0 Å². The second kappa shape index (κ2) is 6.89. The Bertz CT molecular complexity index is 797. The molecule has 1 aromatic rings. The minimum atomic E-state index is -0.734. The number of imide groups is 1. The number of aliphatic imine (C=N–C) groups is 1. The maximum atomic E-state index is 12.8. The van der Waals surface area contributed by atoms with Crippen molar-refractivity contribution in [1.29, 1.82) is 0 Å². The number of hydrogen-bond donors (Lipinski definition) is 1. The van der Waals surface area contributed by atoms with Gasteiger partial charge in [-0.05, 0) is 13.3 Å². The van der Waals surface area contributed by atoms with E-state index in [1.807, 2.05) is 13.1 Å². The molecule has 9 heteroatoms. The predicted molar refractivity (Wildman–Crippen MR) is 93.7 cm³/mol. The highest BCUT2D eigenvalue weighted by molar-refractivity contribution is 6.19. The molecule has 1 fully saturated rings. The number of amidine groups is 1. The Kier molecular flexibility index (Phi) is 4.80. The first-order valence-corrected chi connectivity index (χ1v) is 8.94. The molecule has 0 aliphatic carbocycles. The van der Waals surface area contributed by atoms with Crippen LogP contribution in [0.1, 0.15) is 44.3 Å². The van der Waals surface area contributed by atoms with Crippen LogP contribution in [0.4, 0.5) is 10.7 Å². The first kappa shape index (κ1) is 18.1. The van der Waals surface area contributed by atoms with Crippen molar-refractivity contribution in [1.82, 2.24) is 14.4 Å². The van der Waals surface area contributed by atoms with Crippen molar-refractivity contribution in [3.63, 3.8) is 0 Å². The molecule has 1 saturated heterocycles. The SMILES string of the molecule is CCCCCCn1c(C)c[n+]2c1N=C1C2C(=O)N(CC(N)=O)C(=O)N1C. The summed E-state index contributed by atoms with van der Waals surface area (Å²) < 4.78 is 3.86. The zero-order valence-electron chi connectivity index (χ0n) is 15.4. The van der Waals surface area contributed by atoms with Gasteiger partial charge in [-0.1, -0.05) is 31.2 Å². The van der Waals surface area contributed by atoms with Gasteiger partial charge in [-0.25, -0.2) is 13.9 Å². The van der Waals surface area contributed by atoms with Crippen molar-refractivity contribution in [3.05, 3.63) is 11.9 Å². The number of rotatable bonds is 7. The highest BCUT2D eigenvalue weighted by Crippen LogP contribution is 2.29. The number of imidazole rings is 1. The summed E-state index contributed by atoms with van der Waals surface area (Å²) in [5.41, 5.74) is 6.20. The fraction of sp³-hybridized carbons (Fsp3) is 0.588. The van der Waals surface area contributed by atoms with E-state index in [0.29, 0.717) is 11.8 Å². The van der Waals surface area contributed by atoms with E-state index in [0.717, 1.165) is 30.0 Å². The van der Waals surface area contributed by atoms with Crippen molar-refractivity contribution in [3.8, 4) is 0 Å². The molecule has 0 spiro atoms. The van der Waals surface area contributed by atoms with Crippen LogP contribution < -0.4 is 10.3 Å². The molecule has 4 amide bonds. The van der Waals surface area contributed by atoms with Gasteiger partial charge in [-0.2, -0.15) is 0 Å². The van der Waals surface area contributed by atoms with Crippen molar-refractivity contribution in [2.45, 2.75) is 52.1 Å². The number of amides is 4. The summed E-state index contributed by atoms with van der Waals surface area (Å²) in [5.74, 6) is -0.156. The summed E-state index contributed by atoms with van der Waals surface area (Å²) in [4.78, 5) is 43.3. The molecule has 1 aromatic heterocycles. The van der Waals surface area contributed by atoms with Crippen molar-refractivity contribution in [2.24, 2.45) is 10.7 Å². The van der Waals surface area contributed by atoms with Crippen LogP contribution in [-0.2, 0) is 16.1 Å². The van der Waals surface area contributed by atoms with E-state index < -0.39 is 30.4 Å². The molecule has 9 nitrogen and oxygen atoms in total. The highest BCUT2D eigenvalue weighted by atomic mass is 16.2. The average Bonchev–Trinajstić information content (AvgIpc) is 3.09. The Morgan fingerprint density at radius 3 is 2.69 bits per heavy atom. The Morgan fingerprint density at radius 1 is 1.31 bits per heavy atom. The van der Waals surface area contributed by atoms with Gasteiger partial charge in [0.25, 0.3) is 5.91 Å². The highest BCUT2D eigenvalue weighted by Gasteiger charge is 2.53. The van der Waals surface area contributed by atoms with Gasteiger partial charge in [0.1, 0.15) is 18.4 Å². The van der Waals surface area contributed by atoms with Crippen LogP contribution in [0, 0.1) is 6.92 Å². The van der Waals surface area contributed by atoms with Crippen LogP contribution in [-0.4, -0.2) is 51.6 Å². The summed E-state index contributed by atoms with van der Waals surface area (Å²) in [6, 6.07) is -1.32. The largest absolute Gasteiger partial charge is 0.401 e. The van der Waals surface area contributed by atoms with Gasteiger partial charge in [-0.3, -0.25) is 19.4 Å². The summed E-state index contributed by atoms with van der Waals surface area (Å²) in [6.45, 7) is 4.53. The molecule has 0 bridgehead atoms. The number of carbonyl (C=O) groups excluding carboxylic acids is 3. The summed E-state index contributed by atoms with van der Waals surface area (Å²) in [7, 11) is 1.56. The van der Waals surface area contributed by atoms with Crippen LogP contribution in [0.3, 0.4) is 0 Å². The summed E-state index contributed by atoms with van der Waals surface area (Å²) in [5, 5.41) is 0. The topological polar surface area (TPSA) is 105 Å². The maximum absolute atomic E-state index is 12.8. The lowest BCUT2D eigenvalue weighted by atomic mass is 10.1. The third-order valence-corrected chi connectivity index (χ3v) is 4.87. The van der Waals surface area contributed by atoms with Gasteiger partial charge in [0, 0.05) is 7.05 Å². The quantitative estimate of drug-likeness (QED) is 0.569. The van der Waals surface area contributed by atoms with Crippen LogP contribution >= 0.6 is 0 Å². The van der Waals surface area contributed by atoms with E-state index in [-0.39, 0.29) is 0 Å². The number of urea groups is 1. The number of aromatic nitrogens is 2. The number of fused-ring (bicyclic) bond motifs is 3. The van der Waals surface area contributed by atoms with E-state index in [1.54, 1.807) is 11.6 Å². The molecule has 1 unspecified atom stereocenters. The molecular formula is C17H25N6O3+. The smallest absolute Gasteiger partial charge is 0.368 e. The van der Waals surface area contributed by atoms with Gasteiger partial charge >= 0.3 is 12.0 Å². The number of primary amides is 1. The lowest BCUT2D eigenvalue weighted by molar-refractivity contribution is -0.677. The van der Waals surface area contributed by atoms with E-state index in [2.05, 4.69) is 16.5 Å². The molecule has 2 aliphatic rings. The minimum absolute atomic E-state index is 0.387. The fourth-order valence-electron chi connectivity index (χ4n) is 3.51. The first-order valence-electron chi connectivity index (χ1n) is 8.94. The molecule has 0 saturated carbocycles. The molecule has 0 radical (unpaired) electrons. The lowest BCUT2D eigenvalue weighted by Gasteiger charge is -2.32. The van der Waals surface area contributed by atoms with Gasteiger partial charge in [0.05, 0.1) is 6.54 Å². The van der Waals surface area contributed by atoms with Crippen LogP contribution in [0.5, 0.6) is 0 Å². The molecule has 0 aromatic carbocycles. The Morgan fingerprint density at radius 2 is 2.04 bits per heavy atom. The van der Waals surface area contributed by atoms with E-state index in [4.69, 9.17) is 5.73 Å². The van der Waals surface area contributed by atoms with E-state index in [9.17, 15) is 14.4 Å². The molecule has 2 N–H and O–H groups in total. The second-order valence-corrected chi connectivity index (χ2v) is 6.79. The Labute approximate surface area is 152 Å². The standard InChI is InChI=1S/C17H24N6O3/c1-4-5-6-7-8-21-11(2)9-22-13-14(19-16(21)22)20(3)17(26)23(15(13)25)10-12(18)24/h9,13H,4-8,10H2,1-3H3,(H-,18,24)/p+1. The molecule has 3 heterocycles. The number of likely N-dealkylation sites (N-methyl/N-ethyl adjacent to an activating group) is 1. The minimum Gasteiger partial charge on any atom is -0.368 e. The molecule has 3 rings (SSSR count). The molecule has 1 atom stereocenters. The predicted octanol–water partition coefficient (Wildman–Crippen LogP) is 0.628. The zero-order valence-corrected chi connectivity index (χ0v) is 15.4. The number of hydrogen-bond acceptors (Lipinski definition) is 4. The number of aryl methyl sites for hydroxylation is 1. The van der Waals surface area contributed by atoms with Gasteiger partial charge < -0.3 is 5.73 Å². The third-order valence-electron chi connectivity index (χ3n) is 4.87.